The van der Waals surface area contributed by atoms with Gasteiger partial charge < -0.3 is 14.6 Å². The van der Waals surface area contributed by atoms with Gasteiger partial charge in [0.2, 0.25) is 0 Å². The average Bonchev–Trinajstić information content (AvgIpc) is 2.17. The van der Waals surface area contributed by atoms with Gasteiger partial charge in [0.05, 0.1) is 6.10 Å². The fourth-order valence-electron chi connectivity index (χ4n) is 0.959. The quantitative estimate of drug-likeness (QED) is 0.549. The van der Waals surface area contributed by atoms with Crippen LogP contribution in [0.2, 0.25) is 0 Å². The van der Waals surface area contributed by atoms with Crippen LogP contribution in [-0.4, -0.2) is 50.0 Å². The van der Waals surface area contributed by atoms with Crippen molar-refractivity contribution in [2.24, 2.45) is 0 Å². The molecule has 0 aromatic carbocycles. The monoisotopic (exact) mass is 284 g/mol. The van der Waals surface area contributed by atoms with Gasteiger partial charge in [-0.1, -0.05) is 0 Å². The fraction of sp³-hybridized carbons (Fsp3) is 1.00. The van der Waals surface area contributed by atoms with Crippen molar-refractivity contribution >= 4 is 0 Å². The summed E-state index contributed by atoms with van der Waals surface area (Å²) >= 11 is 0. The highest BCUT2D eigenvalue weighted by molar-refractivity contribution is 4.56. The summed E-state index contributed by atoms with van der Waals surface area (Å²) in [6, 6.07) is 0. The highest BCUT2D eigenvalue weighted by Gasteiger charge is 2.28. The molecule has 3 nitrogen and oxygen atoms in total. The topological polar surface area (TPSA) is 38.7 Å². The van der Waals surface area contributed by atoms with Crippen molar-refractivity contribution in [3.8, 4) is 0 Å². The van der Waals surface area contributed by atoms with Crippen molar-refractivity contribution in [3.63, 3.8) is 0 Å². The number of halogens is 6. The summed E-state index contributed by atoms with van der Waals surface area (Å²) in [5.74, 6) is 0. The molecule has 0 rings (SSSR count). The first-order valence-corrected chi connectivity index (χ1v) is 5.07. The Balaban J connectivity index is 3.41. The molecule has 0 aliphatic rings. The van der Waals surface area contributed by atoms with E-state index in [9.17, 15) is 31.4 Å². The molecule has 0 spiro atoms. The van der Waals surface area contributed by atoms with E-state index >= 15 is 0 Å². The molecule has 0 saturated heterocycles. The van der Waals surface area contributed by atoms with Crippen molar-refractivity contribution in [1.29, 1.82) is 0 Å². The van der Waals surface area contributed by atoms with Crippen LogP contribution in [0.15, 0.2) is 0 Å². The fourth-order valence-corrected chi connectivity index (χ4v) is 0.959. The summed E-state index contributed by atoms with van der Waals surface area (Å²) in [7, 11) is 0. The lowest BCUT2D eigenvalue weighted by atomic mass is 10.2. The van der Waals surface area contributed by atoms with Gasteiger partial charge in [0.15, 0.2) is 0 Å². The summed E-state index contributed by atoms with van der Waals surface area (Å²) < 4.78 is 78.2. The molecule has 0 aliphatic carbocycles. The van der Waals surface area contributed by atoms with Gasteiger partial charge in [0.25, 0.3) is 0 Å². The van der Waals surface area contributed by atoms with Crippen LogP contribution in [0.25, 0.3) is 0 Å². The van der Waals surface area contributed by atoms with Crippen LogP contribution < -0.4 is 0 Å². The van der Waals surface area contributed by atoms with Gasteiger partial charge in [0, 0.05) is 13.2 Å². The van der Waals surface area contributed by atoms with E-state index in [-0.39, 0.29) is 26.1 Å². The second-order valence-corrected chi connectivity index (χ2v) is 3.57. The van der Waals surface area contributed by atoms with Crippen LogP contribution in [0.3, 0.4) is 0 Å². The molecule has 0 saturated carbocycles. The minimum atomic E-state index is -4.43. The van der Waals surface area contributed by atoms with Crippen LogP contribution in [0.4, 0.5) is 26.3 Å². The Hall–Kier alpha value is -0.540. The van der Waals surface area contributed by atoms with Crippen LogP contribution >= 0.6 is 0 Å². The summed E-state index contributed by atoms with van der Waals surface area (Å²) in [6.07, 6.45) is -10.1. The van der Waals surface area contributed by atoms with Crippen LogP contribution in [-0.2, 0) is 9.47 Å². The predicted octanol–water partition coefficient (Wildman–Crippen LogP) is 2.29. The van der Waals surface area contributed by atoms with E-state index in [1.54, 1.807) is 0 Å². The van der Waals surface area contributed by atoms with E-state index in [1.807, 2.05) is 0 Å². The number of ether oxygens (including phenoxy) is 2. The lowest BCUT2D eigenvalue weighted by Gasteiger charge is -2.12. The Morgan fingerprint density at radius 2 is 1.11 bits per heavy atom. The van der Waals surface area contributed by atoms with Crippen LogP contribution in [0.1, 0.15) is 12.8 Å². The first-order chi connectivity index (χ1) is 8.10. The molecule has 0 atom stereocenters. The van der Waals surface area contributed by atoms with Crippen LogP contribution in [0.5, 0.6) is 0 Å². The summed E-state index contributed by atoms with van der Waals surface area (Å²) in [6.45, 7) is -3.46. The number of hydrogen-bond acceptors (Lipinski definition) is 3. The van der Waals surface area contributed by atoms with Gasteiger partial charge in [-0.05, 0) is 12.8 Å². The maximum absolute atomic E-state index is 11.6. The Morgan fingerprint density at radius 3 is 1.39 bits per heavy atom. The molecular weight excluding hydrogens is 270 g/mol. The highest BCUT2D eigenvalue weighted by Crippen LogP contribution is 2.15. The van der Waals surface area contributed by atoms with E-state index in [2.05, 4.69) is 9.47 Å². The first-order valence-electron chi connectivity index (χ1n) is 5.07. The molecule has 0 fully saturated rings. The number of rotatable bonds is 8. The molecule has 0 aromatic rings. The van der Waals surface area contributed by atoms with Crippen molar-refractivity contribution in [2.75, 3.05) is 26.4 Å². The van der Waals surface area contributed by atoms with Gasteiger partial charge in [-0.25, -0.2) is 0 Å². The molecule has 1 N–H and O–H groups in total. The van der Waals surface area contributed by atoms with Gasteiger partial charge in [0.1, 0.15) is 13.2 Å². The Morgan fingerprint density at radius 1 is 0.778 bits per heavy atom. The lowest BCUT2D eigenvalue weighted by Crippen LogP contribution is -2.21. The molecule has 0 aliphatic heterocycles. The molecule has 0 aromatic heterocycles. The Labute approximate surface area is 99.7 Å². The molecule has 0 unspecified atom stereocenters. The number of alkyl halides is 6. The minimum absolute atomic E-state index is 0.0918. The van der Waals surface area contributed by atoms with E-state index in [0.717, 1.165) is 0 Å². The SMILES string of the molecule is OC(CCOCC(F)(F)F)CCOCC(F)(F)F. The third-order valence-corrected chi connectivity index (χ3v) is 1.72. The van der Waals surface area contributed by atoms with E-state index in [4.69, 9.17) is 0 Å². The number of hydrogen-bond donors (Lipinski definition) is 1. The van der Waals surface area contributed by atoms with Gasteiger partial charge in [-0.15, -0.1) is 0 Å². The number of aliphatic hydroxyl groups excluding tert-OH is 1. The van der Waals surface area contributed by atoms with Gasteiger partial charge in [-0.2, -0.15) is 26.3 Å². The Kier molecular flexibility index (Phi) is 7.56. The maximum Gasteiger partial charge on any atom is 0.411 e. The smallest absolute Gasteiger partial charge is 0.393 e. The molecule has 0 bridgehead atoms. The second kappa shape index (κ2) is 7.80. The summed E-state index contributed by atoms with van der Waals surface area (Å²) in [5.41, 5.74) is 0. The first kappa shape index (κ1) is 17.5. The van der Waals surface area contributed by atoms with E-state index in [1.165, 1.54) is 0 Å². The highest BCUT2D eigenvalue weighted by atomic mass is 19.4. The molecule has 0 amide bonds. The van der Waals surface area contributed by atoms with Crippen molar-refractivity contribution < 1.29 is 40.9 Å². The zero-order valence-corrected chi connectivity index (χ0v) is 9.35. The maximum atomic E-state index is 11.6. The van der Waals surface area contributed by atoms with E-state index < -0.39 is 31.7 Å². The average molecular weight is 284 g/mol. The zero-order valence-electron chi connectivity index (χ0n) is 9.35. The lowest BCUT2D eigenvalue weighted by molar-refractivity contribution is -0.177. The van der Waals surface area contributed by atoms with Crippen molar-refractivity contribution in [2.45, 2.75) is 31.3 Å². The molecular formula is C9H14F6O3. The number of aliphatic hydroxyl groups is 1. The second-order valence-electron chi connectivity index (χ2n) is 3.57. The van der Waals surface area contributed by atoms with Gasteiger partial charge >= 0.3 is 12.4 Å². The van der Waals surface area contributed by atoms with E-state index in [0.29, 0.717) is 0 Å². The predicted molar refractivity (Wildman–Crippen MR) is 49.0 cm³/mol. The molecule has 0 heterocycles. The van der Waals surface area contributed by atoms with Crippen LogP contribution in [0, 0.1) is 0 Å². The Bertz CT molecular complexity index is 193. The standard InChI is InChI=1S/C9H14F6O3/c10-8(11,12)5-17-3-1-7(16)2-4-18-6-9(13,14)15/h7,16H,1-6H2. The summed E-state index contributed by atoms with van der Waals surface area (Å²) in [4.78, 5) is 0. The molecule has 0 radical (unpaired) electrons. The largest absolute Gasteiger partial charge is 0.411 e. The van der Waals surface area contributed by atoms with Crippen molar-refractivity contribution in [3.05, 3.63) is 0 Å². The third-order valence-electron chi connectivity index (χ3n) is 1.72. The molecule has 110 valence electrons. The van der Waals surface area contributed by atoms with Gasteiger partial charge in [-0.3, -0.25) is 0 Å². The normalized spacial score (nSPS) is 13.3. The van der Waals surface area contributed by atoms with Crippen molar-refractivity contribution in [1.82, 2.24) is 0 Å². The molecule has 18 heavy (non-hydrogen) atoms. The minimum Gasteiger partial charge on any atom is -0.393 e. The zero-order chi connectivity index (χ0) is 14.2. The third kappa shape index (κ3) is 13.5. The summed E-state index contributed by atoms with van der Waals surface area (Å²) in [5, 5.41) is 9.19. The molecule has 9 heteroatoms.